The van der Waals surface area contributed by atoms with Crippen molar-refractivity contribution in [2.45, 2.75) is 83.7 Å². The predicted octanol–water partition coefficient (Wildman–Crippen LogP) is 4.40. The number of nitriles is 1. The number of fused-ring (bicyclic) bond motifs is 5. The molecule has 0 unspecified atom stereocenters. The Morgan fingerprint density at radius 3 is 2.65 bits per heavy atom. The van der Waals surface area contributed by atoms with Crippen molar-refractivity contribution >= 4 is 12.0 Å². The number of allylic oxidation sites excluding steroid dienone is 1. The first-order chi connectivity index (χ1) is 14.8. The van der Waals surface area contributed by atoms with Crippen LogP contribution in [0.15, 0.2) is 16.8 Å². The van der Waals surface area contributed by atoms with E-state index in [0.29, 0.717) is 36.2 Å². The van der Waals surface area contributed by atoms with Crippen molar-refractivity contribution in [1.29, 1.82) is 5.26 Å². The summed E-state index contributed by atoms with van der Waals surface area (Å²) in [6.45, 7) is 4.86. The van der Waals surface area contributed by atoms with E-state index in [1.54, 1.807) is 0 Å². The number of ketones is 1. The van der Waals surface area contributed by atoms with Gasteiger partial charge in [-0.2, -0.15) is 5.26 Å². The zero-order chi connectivity index (χ0) is 22.2. The number of hydrogen-bond donors (Lipinski definition) is 2. The molecule has 4 aliphatic carbocycles. The summed E-state index contributed by atoms with van der Waals surface area (Å²) >= 11 is 0. The van der Waals surface area contributed by atoms with Crippen LogP contribution in [-0.4, -0.2) is 29.3 Å². The van der Waals surface area contributed by atoms with Gasteiger partial charge in [-0.05, 0) is 99.7 Å². The molecule has 0 aromatic carbocycles. The van der Waals surface area contributed by atoms with Crippen LogP contribution in [0.1, 0.15) is 78.1 Å². The predicted molar refractivity (Wildman–Crippen MR) is 122 cm³/mol. The molecule has 170 valence electrons. The topological polar surface area (TPSA) is 99.5 Å². The van der Waals surface area contributed by atoms with Crippen LogP contribution in [0.5, 0.6) is 0 Å². The van der Waals surface area contributed by atoms with E-state index in [1.807, 2.05) is 13.0 Å². The number of nitrogens with zero attached hydrogens (tertiary/aromatic N) is 2. The highest BCUT2D eigenvalue weighted by Crippen LogP contribution is 2.64. The minimum atomic E-state index is -0.460. The molecule has 4 rings (SSSR count). The van der Waals surface area contributed by atoms with E-state index < -0.39 is 5.60 Å². The lowest BCUT2D eigenvalue weighted by Gasteiger charge is -2.56. The smallest absolute Gasteiger partial charge is 0.138 e. The largest absolute Gasteiger partial charge is 0.403 e. The van der Waals surface area contributed by atoms with E-state index >= 15 is 0 Å². The monoisotopic (exact) mass is 425 g/mol. The summed E-state index contributed by atoms with van der Waals surface area (Å²) in [5.74, 6) is 4.27. The van der Waals surface area contributed by atoms with Crippen molar-refractivity contribution in [3.63, 3.8) is 0 Å². The third kappa shape index (κ3) is 4.21. The van der Waals surface area contributed by atoms with E-state index in [2.05, 4.69) is 11.9 Å². The summed E-state index contributed by atoms with van der Waals surface area (Å²) in [6.07, 6.45) is 13.5. The maximum absolute atomic E-state index is 13.1. The Morgan fingerprint density at radius 2 is 1.90 bits per heavy atom. The molecule has 0 radical (unpaired) electrons. The van der Waals surface area contributed by atoms with Gasteiger partial charge >= 0.3 is 0 Å². The van der Waals surface area contributed by atoms with Gasteiger partial charge in [-0.15, -0.1) is 0 Å². The van der Waals surface area contributed by atoms with Gasteiger partial charge in [-0.25, -0.2) is 0 Å². The molecule has 0 aromatic rings. The van der Waals surface area contributed by atoms with Gasteiger partial charge in [0.2, 0.25) is 0 Å². The van der Waals surface area contributed by atoms with Gasteiger partial charge in [0.1, 0.15) is 11.9 Å². The van der Waals surface area contributed by atoms with Crippen molar-refractivity contribution in [2.24, 2.45) is 51.6 Å². The molecule has 8 atom stereocenters. The highest BCUT2D eigenvalue weighted by Gasteiger charge is 2.58. The van der Waals surface area contributed by atoms with Gasteiger partial charge in [0, 0.05) is 31.3 Å². The third-order valence-corrected chi connectivity index (χ3v) is 9.65. The number of aliphatic hydroxyl groups is 1. The second kappa shape index (κ2) is 8.70. The van der Waals surface area contributed by atoms with Crippen LogP contribution < -0.4 is 5.73 Å². The molecule has 0 aromatic heterocycles. The molecule has 31 heavy (non-hydrogen) atoms. The average Bonchev–Trinajstić information content (AvgIpc) is 3.10. The molecule has 4 aliphatic rings. The number of hydrogen-bond acceptors (Lipinski definition) is 5. The van der Waals surface area contributed by atoms with Crippen LogP contribution in [0.2, 0.25) is 0 Å². The zero-order valence-corrected chi connectivity index (χ0v) is 19.2. The van der Waals surface area contributed by atoms with Crippen molar-refractivity contribution < 1.29 is 9.90 Å². The zero-order valence-electron chi connectivity index (χ0n) is 19.2. The molecule has 0 aliphatic heterocycles. The molecule has 3 N–H and O–H groups in total. The maximum atomic E-state index is 13.1. The van der Waals surface area contributed by atoms with Crippen LogP contribution >= 0.6 is 0 Å². The normalized spacial score (nSPS) is 44.9. The minimum absolute atomic E-state index is 0.143. The summed E-state index contributed by atoms with van der Waals surface area (Å²) in [5, 5.41) is 19.5. The summed E-state index contributed by atoms with van der Waals surface area (Å²) < 4.78 is 0. The van der Waals surface area contributed by atoms with Gasteiger partial charge in [-0.3, -0.25) is 9.79 Å². The quantitative estimate of drug-likeness (QED) is 0.503. The van der Waals surface area contributed by atoms with Gasteiger partial charge in [0.15, 0.2) is 0 Å². The lowest BCUT2D eigenvalue weighted by Crippen LogP contribution is -2.51. The summed E-state index contributed by atoms with van der Waals surface area (Å²) in [6, 6.07) is 1.98. The highest BCUT2D eigenvalue weighted by atomic mass is 16.3. The van der Waals surface area contributed by atoms with E-state index in [4.69, 9.17) is 11.0 Å². The minimum Gasteiger partial charge on any atom is -0.403 e. The fourth-order valence-electron chi connectivity index (χ4n) is 8.23. The summed E-state index contributed by atoms with van der Waals surface area (Å²) in [4.78, 5) is 17.4. The number of rotatable bonds is 5. The fraction of sp³-hybridized carbons (Fsp3) is 0.808. The maximum Gasteiger partial charge on any atom is 0.138 e. The molecule has 5 heteroatoms. The van der Waals surface area contributed by atoms with E-state index in [-0.39, 0.29) is 11.3 Å². The lowest BCUT2D eigenvalue weighted by molar-refractivity contribution is -0.132. The van der Waals surface area contributed by atoms with Gasteiger partial charge in [-0.1, -0.05) is 6.92 Å². The third-order valence-electron chi connectivity index (χ3n) is 9.65. The van der Waals surface area contributed by atoms with Crippen molar-refractivity contribution in [1.82, 2.24) is 0 Å². The van der Waals surface area contributed by atoms with Gasteiger partial charge in [0.25, 0.3) is 0 Å². The Kier molecular flexibility index (Phi) is 6.32. The Morgan fingerprint density at radius 1 is 1.13 bits per heavy atom. The second-order valence-electron chi connectivity index (χ2n) is 11.3. The molecule has 0 bridgehead atoms. The van der Waals surface area contributed by atoms with Gasteiger partial charge in [0.05, 0.1) is 11.2 Å². The summed E-state index contributed by atoms with van der Waals surface area (Å²) in [5.41, 5.74) is 5.38. The Bertz CT molecular complexity index is 795. The average molecular weight is 426 g/mol. The highest BCUT2D eigenvalue weighted by molar-refractivity contribution is 5.85. The van der Waals surface area contributed by atoms with Crippen LogP contribution in [-0.2, 0) is 4.79 Å². The van der Waals surface area contributed by atoms with Crippen molar-refractivity contribution in [3.05, 3.63) is 11.8 Å². The number of aliphatic imine (C=N–C) groups is 1. The van der Waals surface area contributed by atoms with Crippen LogP contribution in [0.4, 0.5) is 0 Å². The number of Topliss-reactive ketones (excluding diaryl/α,β-unsaturated/α-hetero) is 1. The number of carbonyl (C=O) groups is 1. The number of carbonyl (C=O) groups excluding carboxylic acids is 1. The Hall–Kier alpha value is -1.67. The lowest BCUT2D eigenvalue weighted by atomic mass is 9.49. The fourth-order valence-corrected chi connectivity index (χ4v) is 8.23. The molecule has 0 heterocycles. The first-order valence-corrected chi connectivity index (χ1v) is 12.4. The van der Waals surface area contributed by atoms with Crippen LogP contribution in [0.3, 0.4) is 0 Å². The van der Waals surface area contributed by atoms with Crippen LogP contribution in [0.25, 0.3) is 0 Å². The van der Waals surface area contributed by atoms with Gasteiger partial charge < -0.3 is 10.8 Å². The Balaban J connectivity index is 1.39. The molecule has 0 saturated heterocycles. The molecule has 0 spiro atoms. The van der Waals surface area contributed by atoms with E-state index in [1.165, 1.54) is 50.9 Å². The SMILES string of the molecule is C[C@@]1(O)CC[C@H]2[C@H](CC[C@@H]3[C@@H]2CC[C@]2(C)[C@@H](C(=O)CCN=CC(C#N)=CN)CC[C@@H]32)C1. The van der Waals surface area contributed by atoms with E-state index in [9.17, 15) is 9.90 Å². The van der Waals surface area contributed by atoms with Crippen molar-refractivity contribution in [2.75, 3.05) is 6.54 Å². The van der Waals surface area contributed by atoms with Crippen LogP contribution in [0, 0.1) is 52.3 Å². The molecule has 4 saturated carbocycles. The van der Waals surface area contributed by atoms with Crippen molar-refractivity contribution in [3.8, 4) is 6.07 Å². The second-order valence-corrected chi connectivity index (χ2v) is 11.3. The Labute approximate surface area is 187 Å². The molecule has 0 amide bonds. The molecular weight excluding hydrogens is 386 g/mol. The first-order valence-electron chi connectivity index (χ1n) is 12.4. The standard InChI is InChI=1S/C26H39N3O2/c1-25(31)10-7-19-18(13-25)3-4-21-20(19)8-11-26(2)22(21)5-6-23(26)24(30)9-12-29-16-17(14-27)15-28/h14,16,18-23,31H,3-13,27H2,1-2H3/t18-,19+,20-,21-,22+,23-,25-,26+/m1/s1. The summed E-state index contributed by atoms with van der Waals surface area (Å²) in [7, 11) is 0. The molecule has 4 fully saturated rings. The molecule has 5 nitrogen and oxygen atoms in total. The molecular formula is C26H39N3O2. The van der Waals surface area contributed by atoms with E-state index in [0.717, 1.165) is 37.0 Å². The number of nitrogens with two attached hydrogens (primary N) is 1. The first kappa shape index (κ1) is 22.5.